The third-order valence-electron chi connectivity index (χ3n) is 11.8. The van der Waals surface area contributed by atoms with Crippen molar-refractivity contribution in [3.05, 3.63) is 114 Å². The highest BCUT2D eigenvalue weighted by Crippen LogP contribution is 2.49. The Morgan fingerprint density at radius 2 is 1.31 bits per heavy atom. The summed E-state index contributed by atoms with van der Waals surface area (Å²) in [5, 5.41) is 8.46. The lowest BCUT2D eigenvalue weighted by molar-refractivity contribution is 0.590. The standard InChI is InChI=1S/C44H41BN2Si/c1-43(2,3)27-20-21-34-30(23-27)31-24-28(44(4,5)6)25-32-39-29-15-10-9-14-26(29)22-36-40(39)45(47(34)41(31)32)33-16-13-19-38-42(33)46(36)35-17-11-12-18-37(35)48(38,7)8/h9-25H,1-8H3. The van der Waals surface area contributed by atoms with Crippen LogP contribution < -0.4 is 26.2 Å². The highest BCUT2D eigenvalue weighted by molar-refractivity contribution is 7.04. The van der Waals surface area contributed by atoms with Crippen molar-refractivity contribution in [3.63, 3.8) is 0 Å². The first-order valence-corrected chi connectivity index (χ1v) is 20.6. The zero-order valence-corrected chi connectivity index (χ0v) is 30.3. The van der Waals surface area contributed by atoms with Crippen LogP contribution in [0.25, 0.3) is 43.7 Å². The summed E-state index contributed by atoms with van der Waals surface area (Å²) in [6.07, 6.45) is 0. The van der Waals surface area contributed by atoms with E-state index in [9.17, 15) is 0 Å². The lowest BCUT2D eigenvalue weighted by Gasteiger charge is -2.47. The van der Waals surface area contributed by atoms with Crippen LogP contribution in [0.4, 0.5) is 17.1 Å². The topological polar surface area (TPSA) is 8.17 Å². The average molecular weight is 637 g/mol. The second-order valence-electron chi connectivity index (χ2n) is 17.1. The highest BCUT2D eigenvalue weighted by Gasteiger charge is 2.49. The number of hydrogen-bond acceptors (Lipinski definition) is 1. The van der Waals surface area contributed by atoms with Gasteiger partial charge >= 0.3 is 6.85 Å². The van der Waals surface area contributed by atoms with E-state index in [-0.39, 0.29) is 17.7 Å². The SMILES string of the molecule is CC(C)(C)c1ccc2c(c1)c1cc(C(C)(C)C)cc3c1n2B1c2cccc4c2N(c2ccccc2[Si]4(C)C)c2cc4ccccc4c-3c21. The molecule has 1 aromatic heterocycles. The van der Waals surface area contributed by atoms with E-state index in [1.807, 2.05) is 0 Å². The Balaban J connectivity index is 1.46. The number of para-hydroxylation sites is 2. The molecule has 48 heavy (non-hydrogen) atoms. The van der Waals surface area contributed by atoms with Crippen LogP contribution in [0.1, 0.15) is 52.7 Å². The second-order valence-corrected chi connectivity index (χ2v) is 21.4. The monoisotopic (exact) mass is 636 g/mol. The van der Waals surface area contributed by atoms with Crippen molar-refractivity contribution in [2.45, 2.75) is 65.5 Å². The van der Waals surface area contributed by atoms with Gasteiger partial charge in [0.1, 0.15) is 8.07 Å². The number of benzene rings is 6. The van der Waals surface area contributed by atoms with E-state index in [4.69, 9.17) is 0 Å². The van der Waals surface area contributed by atoms with Crippen LogP contribution in [0.2, 0.25) is 13.1 Å². The molecule has 0 saturated heterocycles. The van der Waals surface area contributed by atoms with Crippen LogP contribution in [-0.2, 0) is 10.8 Å². The zero-order chi connectivity index (χ0) is 33.1. The molecule has 0 saturated carbocycles. The fraction of sp³-hybridized carbons (Fsp3) is 0.227. The van der Waals surface area contributed by atoms with E-state index in [1.54, 1.807) is 0 Å². The first kappa shape index (κ1) is 28.5. The largest absolute Gasteiger partial charge is 0.375 e. The lowest BCUT2D eigenvalue weighted by atomic mass is 9.44. The Labute approximate surface area is 285 Å². The van der Waals surface area contributed by atoms with Gasteiger partial charge in [-0.1, -0.05) is 121 Å². The summed E-state index contributed by atoms with van der Waals surface area (Å²) in [6.45, 7) is 19.2. The van der Waals surface area contributed by atoms with Gasteiger partial charge in [-0.25, -0.2) is 0 Å². The van der Waals surface area contributed by atoms with Gasteiger partial charge in [-0.3, -0.25) is 0 Å². The molecule has 2 nitrogen and oxygen atoms in total. The summed E-state index contributed by atoms with van der Waals surface area (Å²) < 4.78 is 2.74. The van der Waals surface area contributed by atoms with Gasteiger partial charge in [0.05, 0.1) is 0 Å². The van der Waals surface area contributed by atoms with E-state index in [1.165, 1.54) is 93.2 Å². The normalized spacial score (nSPS) is 15.6. The van der Waals surface area contributed by atoms with E-state index < -0.39 is 8.07 Å². The number of rotatable bonds is 0. The molecule has 4 heteroatoms. The maximum absolute atomic E-state index is 2.74. The molecule has 0 aliphatic carbocycles. The highest BCUT2D eigenvalue weighted by atomic mass is 28.3. The number of fused-ring (bicyclic) bond motifs is 11. The molecule has 0 atom stereocenters. The summed E-state index contributed by atoms with van der Waals surface area (Å²) >= 11 is 0. The van der Waals surface area contributed by atoms with Gasteiger partial charge in [-0.2, -0.15) is 0 Å². The van der Waals surface area contributed by atoms with Crippen molar-refractivity contribution in [3.8, 4) is 11.1 Å². The van der Waals surface area contributed by atoms with Crippen molar-refractivity contribution in [1.82, 2.24) is 4.48 Å². The third kappa shape index (κ3) is 3.44. The maximum Gasteiger partial charge on any atom is 0.333 e. The molecule has 0 fully saturated rings. The van der Waals surface area contributed by atoms with Gasteiger partial charge in [0.15, 0.2) is 0 Å². The molecule has 0 spiro atoms. The van der Waals surface area contributed by atoms with Gasteiger partial charge in [0.2, 0.25) is 0 Å². The molecular formula is C44H41BN2Si. The van der Waals surface area contributed by atoms with Crippen LogP contribution >= 0.6 is 0 Å². The molecule has 10 rings (SSSR count). The Kier molecular flexibility index (Phi) is 5.29. The first-order chi connectivity index (χ1) is 22.9. The second kappa shape index (κ2) is 8.92. The van der Waals surface area contributed by atoms with Crippen LogP contribution in [0.15, 0.2) is 103 Å². The lowest BCUT2D eigenvalue weighted by Crippen LogP contribution is -2.65. The molecule has 4 heterocycles. The molecule has 3 aliphatic rings. The number of aromatic nitrogens is 1. The third-order valence-corrected chi connectivity index (χ3v) is 15.3. The van der Waals surface area contributed by atoms with Crippen molar-refractivity contribution in [2.75, 3.05) is 4.90 Å². The van der Waals surface area contributed by atoms with Crippen LogP contribution in [0, 0.1) is 0 Å². The molecular weight excluding hydrogens is 595 g/mol. The summed E-state index contributed by atoms with van der Waals surface area (Å²) in [4.78, 5) is 2.65. The van der Waals surface area contributed by atoms with Crippen LogP contribution in [0.5, 0.6) is 0 Å². The number of anilines is 3. The van der Waals surface area contributed by atoms with E-state index >= 15 is 0 Å². The Bertz CT molecular complexity index is 2580. The van der Waals surface area contributed by atoms with Crippen molar-refractivity contribution < 1.29 is 0 Å². The van der Waals surface area contributed by atoms with Gasteiger partial charge in [-0.15, -0.1) is 0 Å². The molecule has 6 aromatic carbocycles. The Hall–Kier alpha value is -4.54. The number of hydrogen-bond donors (Lipinski definition) is 0. The summed E-state index contributed by atoms with van der Waals surface area (Å²) in [5.74, 6) is 0. The Morgan fingerprint density at radius 1 is 0.604 bits per heavy atom. The van der Waals surface area contributed by atoms with Crippen molar-refractivity contribution in [2.24, 2.45) is 0 Å². The van der Waals surface area contributed by atoms with E-state index in [0.717, 1.165) is 0 Å². The minimum absolute atomic E-state index is 0.00572. The van der Waals surface area contributed by atoms with E-state index in [2.05, 4.69) is 167 Å². The predicted molar refractivity (Wildman–Crippen MR) is 212 cm³/mol. The smallest absolute Gasteiger partial charge is 0.333 e. The van der Waals surface area contributed by atoms with E-state index in [0.29, 0.717) is 0 Å². The molecule has 0 bridgehead atoms. The molecule has 0 unspecified atom stereocenters. The average Bonchev–Trinajstić information content (AvgIpc) is 3.38. The predicted octanol–water partition coefficient (Wildman–Crippen LogP) is 9.10. The fourth-order valence-corrected chi connectivity index (χ4v) is 12.3. The summed E-state index contributed by atoms with van der Waals surface area (Å²) in [7, 11) is -1.98. The van der Waals surface area contributed by atoms with Crippen molar-refractivity contribution >= 4 is 85.9 Å². The van der Waals surface area contributed by atoms with Crippen LogP contribution in [-0.4, -0.2) is 19.4 Å². The molecule has 0 radical (unpaired) electrons. The first-order valence-electron chi connectivity index (χ1n) is 17.6. The minimum atomic E-state index is -1.98. The van der Waals surface area contributed by atoms with Gasteiger partial charge in [0.25, 0.3) is 0 Å². The molecule has 7 aromatic rings. The fourth-order valence-electron chi connectivity index (χ4n) is 9.31. The van der Waals surface area contributed by atoms with Crippen molar-refractivity contribution in [1.29, 1.82) is 0 Å². The maximum atomic E-state index is 2.74. The molecule has 0 N–H and O–H groups in total. The zero-order valence-electron chi connectivity index (χ0n) is 29.3. The van der Waals surface area contributed by atoms with Crippen LogP contribution in [0.3, 0.4) is 0 Å². The van der Waals surface area contributed by atoms with Gasteiger partial charge in [0, 0.05) is 44.4 Å². The Morgan fingerprint density at radius 3 is 2.10 bits per heavy atom. The van der Waals surface area contributed by atoms with Gasteiger partial charge < -0.3 is 9.38 Å². The molecule has 0 amide bonds. The molecule has 3 aliphatic heterocycles. The quantitative estimate of drug-likeness (QED) is 0.151. The summed E-state index contributed by atoms with van der Waals surface area (Å²) in [5.41, 5.74) is 15.3. The van der Waals surface area contributed by atoms with Gasteiger partial charge in [-0.05, 0) is 96.0 Å². The summed E-state index contributed by atoms with van der Waals surface area (Å²) in [6, 6.07) is 40.4. The minimum Gasteiger partial charge on any atom is -0.375 e. The number of nitrogens with zero attached hydrogens (tertiary/aromatic N) is 2. The molecule has 234 valence electrons.